The Labute approximate surface area is 511 Å². The van der Waals surface area contributed by atoms with Gasteiger partial charge in [0.05, 0.1) is 68.1 Å². The molecule has 3 aliphatic heterocycles. The molecule has 22 nitrogen and oxygen atoms in total. The SMILES string of the molecule is COC(=O)N[C@H](C(=O)N[C@@H](Cc1ccc(C#Cc2cnc(N3CC4CCC(C3)N4C3COC3)nc2)cc1)[C@H](CN(Cc1c(F)cc(-c2ccn(C(F)F)n2)cc1F)NC(=O)[C@@H](NC(=O)OC)C(C)(C)C(F)(F)F)OC(=O)[C@@H](N)CCCCN)C(C)(C)C(F)(F)F. The van der Waals surface area contributed by atoms with E-state index in [1.54, 1.807) is 17.7 Å². The van der Waals surface area contributed by atoms with Crippen LogP contribution in [0.1, 0.15) is 88.6 Å². The van der Waals surface area contributed by atoms with E-state index in [0.717, 1.165) is 65.6 Å². The van der Waals surface area contributed by atoms with Crippen molar-refractivity contribution in [2.75, 3.05) is 58.5 Å². The van der Waals surface area contributed by atoms with Crippen LogP contribution < -0.4 is 37.7 Å². The van der Waals surface area contributed by atoms with E-state index in [4.69, 9.17) is 20.9 Å². The van der Waals surface area contributed by atoms with Gasteiger partial charge >= 0.3 is 37.1 Å². The van der Waals surface area contributed by atoms with Crippen molar-refractivity contribution in [3.05, 3.63) is 94.9 Å². The third-order valence-electron chi connectivity index (χ3n) is 16.2. The summed E-state index contributed by atoms with van der Waals surface area (Å²) in [6.45, 7) is -0.236. The molecule has 492 valence electrons. The van der Waals surface area contributed by atoms with Gasteiger partial charge in [-0.2, -0.15) is 40.2 Å². The first kappa shape index (κ1) is 69.6. The van der Waals surface area contributed by atoms with Crippen LogP contribution in [0, 0.1) is 34.3 Å². The molecular formula is C58H71F10N13O9. The lowest BCUT2D eigenvalue weighted by molar-refractivity contribution is -0.221. The Morgan fingerprint density at radius 2 is 1.33 bits per heavy atom. The molecule has 0 radical (unpaired) electrons. The van der Waals surface area contributed by atoms with Gasteiger partial charge in [-0.05, 0) is 102 Å². The van der Waals surface area contributed by atoms with Crippen LogP contribution in [-0.2, 0) is 46.3 Å². The fourth-order valence-electron chi connectivity index (χ4n) is 10.5. The number of alkyl carbamates (subject to hydrolysis) is 2. The van der Waals surface area contributed by atoms with Crippen molar-refractivity contribution < 1.29 is 86.8 Å². The second-order valence-electron chi connectivity index (χ2n) is 23.1. The zero-order chi connectivity index (χ0) is 66.0. The Kier molecular flexibility index (Phi) is 22.7. The number of fused-ring (bicyclic) bond motifs is 2. The van der Waals surface area contributed by atoms with Gasteiger partial charge in [0.25, 0.3) is 5.91 Å². The molecule has 8 N–H and O–H groups in total. The Bertz CT molecular complexity index is 3180. The van der Waals surface area contributed by atoms with E-state index < -0.39 is 127 Å². The highest BCUT2D eigenvalue weighted by Gasteiger charge is 2.57. The third-order valence-corrected chi connectivity index (χ3v) is 16.2. The second kappa shape index (κ2) is 29.4. The van der Waals surface area contributed by atoms with Gasteiger partial charge in [0.1, 0.15) is 35.9 Å². The highest BCUT2D eigenvalue weighted by molar-refractivity contribution is 5.87. The predicted molar refractivity (Wildman–Crippen MR) is 302 cm³/mol. The van der Waals surface area contributed by atoms with Crippen LogP contribution in [0.2, 0.25) is 0 Å². The first-order chi connectivity index (χ1) is 42.3. The molecule has 3 aliphatic rings. The van der Waals surface area contributed by atoms with Crippen molar-refractivity contribution in [1.82, 2.24) is 51.0 Å². The molecule has 0 saturated carbocycles. The van der Waals surface area contributed by atoms with Gasteiger partial charge < -0.3 is 51.3 Å². The van der Waals surface area contributed by atoms with Crippen LogP contribution in [-0.4, -0.2) is 174 Å². The summed E-state index contributed by atoms with van der Waals surface area (Å²) in [6.07, 6.45) is -9.67. The van der Waals surface area contributed by atoms with E-state index in [1.807, 2.05) is 5.32 Å². The number of aromatic nitrogens is 4. The normalized spacial score (nSPS) is 18.1. The summed E-state index contributed by atoms with van der Waals surface area (Å²) >= 11 is 0. The van der Waals surface area contributed by atoms with Crippen LogP contribution in [0.5, 0.6) is 0 Å². The molecule has 4 aromatic rings. The van der Waals surface area contributed by atoms with Gasteiger partial charge in [0, 0.05) is 67.0 Å². The molecule has 5 heterocycles. The quantitative estimate of drug-likeness (QED) is 0.0111. The number of methoxy groups -OCH3 is 2. The Balaban J connectivity index is 1.29. The average Bonchev–Trinajstić information content (AvgIpc) is 1.44. The molecular weight excluding hydrogens is 1210 g/mol. The minimum Gasteiger partial charge on any atom is -0.458 e. The number of nitrogens with zero attached hydrogens (tertiary/aromatic N) is 7. The first-order valence-electron chi connectivity index (χ1n) is 28.5. The topological polar surface area (TPSA) is 276 Å². The Morgan fingerprint density at radius 1 is 0.778 bits per heavy atom. The molecule has 2 bridgehead atoms. The highest BCUT2D eigenvalue weighted by Crippen LogP contribution is 2.42. The number of halogens is 10. The molecule has 2 aromatic carbocycles. The number of rotatable bonds is 25. The zero-order valence-electron chi connectivity index (χ0n) is 49.9. The van der Waals surface area contributed by atoms with Crippen molar-refractivity contribution in [1.29, 1.82) is 0 Å². The van der Waals surface area contributed by atoms with E-state index in [0.29, 0.717) is 86.5 Å². The van der Waals surface area contributed by atoms with Gasteiger partial charge in [-0.15, -0.1) is 0 Å². The number of hydrazine groups is 1. The van der Waals surface area contributed by atoms with Crippen LogP contribution in [0.15, 0.2) is 61.1 Å². The smallest absolute Gasteiger partial charge is 0.407 e. The number of benzene rings is 2. The predicted octanol–water partition coefficient (Wildman–Crippen LogP) is 6.02. The number of piperazine rings is 1. The highest BCUT2D eigenvalue weighted by atomic mass is 19.4. The fraction of sp³-hybridized carbons (Fsp3) is 0.552. The first-order valence-corrected chi connectivity index (χ1v) is 28.5. The average molecular weight is 1280 g/mol. The van der Waals surface area contributed by atoms with Gasteiger partial charge in [-0.25, -0.2) is 38.0 Å². The maximum Gasteiger partial charge on any atom is 0.407 e. The second-order valence-corrected chi connectivity index (χ2v) is 23.1. The number of esters is 1. The van der Waals surface area contributed by atoms with Crippen molar-refractivity contribution in [3.63, 3.8) is 0 Å². The van der Waals surface area contributed by atoms with Crippen LogP contribution in [0.25, 0.3) is 11.3 Å². The molecule has 4 amide bonds. The number of amides is 4. The van der Waals surface area contributed by atoms with Crippen LogP contribution in [0.4, 0.5) is 59.4 Å². The maximum absolute atomic E-state index is 16.5. The van der Waals surface area contributed by atoms with Crippen molar-refractivity contribution >= 4 is 35.9 Å². The number of hydrogen-bond acceptors (Lipinski definition) is 17. The van der Waals surface area contributed by atoms with Crippen LogP contribution in [0.3, 0.4) is 0 Å². The van der Waals surface area contributed by atoms with E-state index in [2.05, 4.69) is 56.9 Å². The summed E-state index contributed by atoms with van der Waals surface area (Å²) in [5.74, 6) is -1.01. The Hall–Kier alpha value is -7.86. The van der Waals surface area contributed by atoms with Gasteiger partial charge in [0.15, 0.2) is 0 Å². The molecule has 32 heteroatoms. The maximum atomic E-state index is 16.5. The summed E-state index contributed by atoms with van der Waals surface area (Å²) in [6, 6.07) is 0.806. The van der Waals surface area contributed by atoms with Gasteiger partial charge in [-0.3, -0.25) is 24.7 Å². The number of hydrogen-bond donors (Lipinski definition) is 6. The minimum absolute atomic E-state index is 0.107. The zero-order valence-corrected chi connectivity index (χ0v) is 49.9. The van der Waals surface area contributed by atoms with E-state index >= 15 is 8.78 Å². The number of carbonyl (C=O) groups excluding carboxylic acids is 5. The summed E-state index contributed by atoms with van der Waals surface area (Å²) in [4.78, 5) is 82.4. The number of ether oxygens (including phenoxy) is 4. The molecule has 2 unspecified atom stereocenters. The molecule has 0 spiro atoms. The number of alkyl halides is 8. The summed E-state index contributed by atoms with van der Waals surface area (Å²) < 4.78 is 170. The fourth-order valence-corrected chi connectivity index (χ4v) is 10.5. The number of unbranched alkanes of at least 4 members (excludes halogenated alkanes) is 1. The molecule has 90 heavy (non-hydrogen) atoms. The number of nitrogens with one attached hydrogen (secondary N) is 4. The molecule has 3 saturated heterocycles. The summed E-state index contributed by atoms with van der Waals surface area (Å²) in [7, 11) is 1.58. The lowest BCUT2D eigenvalue weighted by Gasteiger charge is -2.47. The van der Waals surface area contributed by atoms with E-state index in [9.17, 15) is 59.1 Å². The molecule has 7 rings (SSSR count). The third kappa shape index (κ3) is 16.9. The van der Waals surface area contributed by atoms with Gasteiger partial charge in [0.2, 0.25) is 11.9 Å². The monoisotopic (exact) mass is 1280 g/mol. The van der Waals surface area contributed by atoms with Crippen molar-refractivity contribution in [2.24, 2.45) is 22.3 Å². The summed E-state index contributed by atoms with van der Waals surface area (Å²) in [5, 5.41) is 10.2. The van der Waals surface area contributed by atoms with Gasteiger partial charge in [-0.1, -0.05) is 30.4 Å². The van der Waals surface area contributed by atoms with Crippen molar-refractivity contribution in [2.45, 2.75) is 140 Å². The molecule has 0 aliphatic carbocycles. The number of anilines is 1. The number of carbonyl (C=O) groups is 5. The van der Waals surface area contributed by atoms with E-state index in [1.165, 1.54) is 24.3 Å². The standard InChI is InChI=1S/C58H71F10N13O9/c1-55(2,57(63,64)65)46(74-53(85)87-5)48(82)73-44(21-33-13-10-32(11-14-33)12-15-34-24-71-52(72-25-34)78-26-36-16-17-37(27-78)81(36)38-30-89-31-38)45(90-50(84)42(70)9-7-8-19-69)29-79(77-49(83)47(75-54(86)88-6)56(3,4)58(66,67)68)28-39-40(59)22-35(23-41(39)60)43-18-20-80(76-43)51(61)62/h10-11,13-14,18,20,22-25,36-38,42,44-47,51H,7-9,16-17,19,21,26-31,69-70H2,1-6H3,(H,73,82)(H,74,85)(H,75,86)(H,77,83)/t36?,37?,42-,44-,45-,46+,47+/m0/s1. The summed E-state index contributed by atoms with van der Waals surface area (Å²) in [5.41, 5.74) is 7.06. The largest absolute Gasteiger partial charge is 0.458 e. The molecule has 3 fully saturated rings. The lowest BCUT2D eigenvalue weighted by atomic mass is 9.82. The van der Waals surface area contributed by atoms with Crippen molar-refractivity contribution in [3.8, 4) is 23.1 Å². The minimum atomic E-state index is -5.29. The lowest BCUT2D eigenvalue weighted by Crippen LogP contribution is -2.64. The van der Waals surface area contributed by atoms with Crippen LogP contribution >= 0.6 is 0 Å². The Morgan fingerprint density at radius 3 is 1.83 bits per heavy atom. The van der Waals surface area contributed by atoms with E-state index in [-0.39, 0.29) is 40.9 Å². The molecule has 2 aromatic heterocycles. The number of nitrogens with two attached hydrogens (primary N) is 2. The molecule has 7 atom stereocenters.